The second-order valence-electron chi connectivity index (χ2n) is 5.39. The Kier molecular flexibility index (Phi) is 4.35. The zero-order valence-corrected chi connectivity index (χ0v) is 12.6. The van der Waals surface area contributed by atoms with Crippen LogP contribution in [0.3, 0.4) is 0 Å². The molecule has 0 radical (unpaired) electrons. The summed E-state index contributed by atoms with van der Waals surface area (Å²) < 4.78 is 5.16. The molecular formula is C15H18N2O5. The molecule has 1 saturated carbocycles. The van der Waals surface area contributed by atoms with Gasteiger partial charge >= 0.3 is 5.97 Å². The van der Waals surface area contributed by atoms with Crippen LogP contribution in [0.15, 0.2) is 18.2 Å². The zero-order chi connectivity index (χ0) is 16.4. The Morgan fingerprint density at radius 2 is 1.95 bits per heavy atom. The van der Waals surface area contributed by atoms with E-state index in [2.05, 4.69) is 5.32 Å². The van der Waals surface area contributed by atoms with Crippen LogP contribution in [0.1, 0.15) is 16.8 Å². The Morgan fingerprint density at radius 1 is 1.27 bits per heavy atom. The van der Waals surface area contributed by atoms with Crippen LogP contribution < -0.4 is 10.1 Å². The molecule has 2 rings (SSSR count). The topological polar surface area (TPSA) is 95.9 Å². The summed E-state index contributed by atoms with van der Waals surface area (Å²) in [6, 6.07) is 4.72. The molecular weight excluding hydrogens is 288 g/mol. The first kappa shape index (κ1) is 15.8. The average Bonchev–Trinajstić information content (AvgIpc) is 3.27. The fourth-order valence-electron chi connectivity index (χ4n) is 2.18. The number of benzene rings is 1. The highest BCUT2D eigenvalue weighted by atomic mass is 16.5. The Hall–Kier alpha value is -2.57. The molecule has 2 amide bonds. The second kappa shape index (κ2) is 6.05. The number of ether oxygens (including phenoxy) is 1. The van der Waals surface area contributed by atoms with Crippen LogP contribution in [0.2, 0.25) is 0 Å². The molecule has 2 unspecified atom stereocenters. The summed E-state index contributed by atoms with van der Waals surface area (Å²) in [4.78, 5) is 36.3. The summed E-state index contributed by atoms with van der Waals surface area (Å²) in [5.74, 6) is -2.29. The number of hydrogen-bond acceptors (Lipinski definition) is 4. The molecule has 2 N–H and O–H groups in total. The second-order valence-corrected chi connectivity index (χ2v) is 5.39. The minimum absolute atomic E-state index is 0.201. The first-order valence-corrected chi connectivity index (χ1v) is 6.78. The summed E-state index contributed by atoms with van der Waals surface area (Å²) in [6.45, 7) is 0. The van der Waals surface area contributed by atoms with Crippen molar-refractivity contribution in [2.45, 2.75) is 6.42 Å². The molecule has 1 fully saturated rings. The van der Waals surface area contributed by atoms with Crippen molar-refractivity contribution in [3.8, 4) is 5.75 Å². The standard InChI is InChI=1S/C15H18N2O5/c1-17(2)14(19)8-4-5-12(22-3)11(6-8)16-13(18)9-7-10(9)15(20)21/h4-6,9-10H,7H2,1-3H3,(H,16,18)(H,20,21). The molecule has 22 heavy (non-hydrogen) atoms. The summed E-state index contributed by atoms with van der Waals surface area (Å²) in [6.07, 6.45) is 0.333. The number of carboxylic acids is 1. The lowest BCUT2D eigenvalue weighted by atomic mass is 10.1. The maximum atomic E-state index is 12.0. The minimum atomic E-state index is -0.969. The van der Waals surface area contributed by atoms with Gasteiger partial charge in [0.05, 0.1) is 24.6 Å². The number of hydrogen-bond donors (Lipinski definition) is 2. The van der Waals surface area contributed by atoms with Crippen molar-refractivity contribution in [3.05, 3.63) is 23.8 Å². The first-order valence-electron chi connectivity index (χ1n) is 6.78. The lowest BCUT2D eigenvalue weighted by Gasteiger charge is -2.14. The molecule has 0 heterocycles. The number of carbonyl (C=O) groups is 3. The van der Waals surface area contributed by atoms with E-state index < -0.39 is 17.8 Å². The molecule has 1 aromatic carbocycles. The third kappa shape index (κ3) is 3.19. The quantitative estimate of drug-likeness (QED) is 0.848. The molecule has 1 aliphatic carbocycles. The van der Waals surface area contributed by atoms with Gasteiger partial charge in [-0.2, -0.15) is 0 Å². The van der Waals surface area contributed by atoms with Gasteiger partial charge in [0.2, 0.25) is 5.91 Å². The average molecular weight is 306 g/mol. The van der Waals surface area contributed by atoms with Crippen molar-refractivity contribution < 1.29 is 24.2 Å². The smallest absolute Gasteiger partial charge is 0.307 e. The van der Waals surface area contributed by atoms with Crippen LogP contribution in [0.5, 0.6) is 5.75 Å². The lowest BCUT2D eigenvalue weighted by molar-refractivity contribution is -0.139. The number of carboxylic acid groups (broad SMARTS) is 1. The molecule has 1 aromatic rings. The van der Waals surface area contributed by atoms with Crippen LogP contribution in [-0.4, -0.2) is 49.0 Å². The number of anilines is 1. The fourth-order valence-corrected chi connectivity index (χ4v) is 2.18. The Balaban J connectivity index is 2.18. The summed E-state index contributed by atoms with van der Waals surface area (Å²) in [5.41, 5.74) is 0.767. The minimum Gasteiger partial charge on any atom is -0.495 e. The summed E-state index contributed by atoms with van der Waals surface area (Å²) >= 11 is 0. The van der Waals surface area contributed by atoms with Crippen LogP contribution in [0.25, 0.3) is 0 Å². The van der Waals surface area contributed by atoms with E-state index in [1.54, 1.807) is 26.2 Å². The van der Waals surface area contributed by atoms with Crippen molar-refractivity contribution >= 4 is 23.5 Å². The van der Waals surface area contributed by atoms with Crippen molar-refractivity contribution in [2.75, 3.05) is 26.5 Å². The fraction of sp³-hybridized carbons (Fsp3) is 0.400. The predicted octanol–water partition coefficient (Wildman–Crippen LogP) is 1.06. The van der Waals surface area contributed by atoms with E-state index in [-0.39, 0.29) is 11.8 Å². The van der Waals surface area contributed by atoms with Crippen molar-refractivity contribution in [1.82, 2.24) is 4.90 Å². The number of aliphatic carboxylic acids is 1. The predicted molar refractivity (Wildman–Crippen MR) is 78.9 cm³/mol. The maximum Gasteiger partial charge on any atom is 0.307 e. The third-order valence-electron chi connectivity index (χ3n) is 3.55. The molecule has 0 spiro atoms. The molecule has 1 aliphatic rings. The van der Waals surface area contributed by atoms with Gasteiger partial charge in [-0.05, 0) is 24.6 Å². The number of nitrogens with zero attached hydrogens (tertiary/aromatic N) is 1. The largest absolute Gasteiger partial charge is 0.495 e. The van der Waals surface area contributed by atoms with Gasteiger partial charge in [-0.3, -0.25) is 14.4 Å². The van der Waals surface area contributed by atoms with E-state index in [1.165, 1.54) is 18.1 Å². The molecule has 7 heteroatoms. The van der Waals surface area contributed by atoms with Gasteiger partial charge in [-0.1, -0.05) is 0 Å². The van der Waals surface area contributed by atoms with Crippen LogP contribution in [0, 0.1) is 11.8 Å². The first-order chi connectivity index (χ1) is 10.3. The number of carbonyl (C=O) groups excluding carboxylic acids is 2. The van der Waals surface area contributed by atoms with E-state index in [9.17, 15) is 14.4 Å². The van der Waals surface area contributed by atoms with Gasteiger partial charge < -0.3 is 20.1 Å². The van der Waals surface area contributed by atoms with E-state index in [1.807, 2.05) is 0 Å². The highest BCUT2D eigenvalue weighted by Gasteiger charge is 2.48. The molecule has 0 aromatic heterocycles. The normalized spacial score (nSPS) is 19.2. The van der Waals surface area contributed by atoms with E-state index >= 15 is 0 Å². The molecule has 2 atom stereocenters. The Labute approximate surface area is 127 Å². The highest BCUT2D eigenvalue weighted by molar-refractivity contribution is 6.01. The summed E-state index contributed by atoms with van der Waals surface area (Å²) in [5, 5.41) is 11.5. The van der Waals surface area contributed by atoms with Gasteiger partial charge in [0.15, 0.2) is 0 Å². The van der Waals surface area contributed by atoms with Crippen molar-refractivity contribution in [2.24, 2.45) is 11.8 Å². The van der Waals surface area contributed by atoms with Crippen LogP contribution in [-0.2, 0) is 9.59 Å². The van der Waals surface area contributed by atoms with E-state index in [0.717, 1.165) is 0 Å². The molecule has 0 saturated heterocycles. The third-order valence-corrected chi connectivity index (χ3v) is 3.55. The monoisotopic (exact) mass is 306 g/mol. The van der Waals surface area contributed by atoms with Gasteiger partial charge in [-0.25, -0.2) is 0 Å². The molecule has 0 aliphatic heterocycles. The number of nitrogens with one attached hydrogen (secondary N) is 1. The van der Waals surface area contributed by atoms with Crippen molar-refractivity contribution in [1.29, 1.82) is 0 Å². The number of rotatable bonds is 5. The SMILES string of the molecule is COc1ccc(C(=O)N(C)C)cc1NC(=O)C1CC1C(=O)O. The van der Waals surface area contributed by atoms with Gasteiger partial charge in [0.1, 0.15) is 5.75 Å². The van der Waals surface area contributed by atoms with Gasteiger partial charge in [-0.15, -0.1) is 0 Å². The summed E-state index contributed by atoms with van der Waals surface area (Å²) in [7, 11) is 4.72. The Morgan fingerprint density at radius 3 is 2.45 bits per heavy atom. The lowest BCUT2D eigenvalue weighted by Crippen LogP contribution is -2.22. The maximum absolute atomic E-state index is 12.0. The highest BCUT2D eigenvalue weighted by Crippen LogP contribution is 2.40. The van der Waals surface area contributed by atoms with Crippen LogP contribution >= 0.6 is 0 Å². The number of amides is 2. The Bertz CT molecular complexity index is 626. The van der Waals surface area contributed by atoms with Crippen molar-refractivity contribution in [3.63, 3.8) is 0 Å². The molecule has 7 nitrogen and oxygen atoms in total. The van der Waals surface area contributed by atoms with Gasteiger partial charge in [0.25, 0.3) is 5.91 Å². The molecule has 118 valence electrons. The number of methoxy groups -OCH3 is 1. The van der Waals surface area contributed by atoms with E-state index in [0.29, 0.717) is 23.4 Å². The van der Waals surface area contributed by atoms with Crippen LogP contribution in [0.4, 0.5) is 5.69 Å². The van der Waals surface area contributed by atoms with Gasteiger partial charge in [0, 0.05) is 19.7 Å². The molecule has 0 bridgehead atoms. The zero-order valence-electron chi connectivity index (χ0n) is 12.6. The van der Waals surface area contributed by atoms with E-state index in [4.69, 9.17) is 9.84 Å².